The molecule has 1 aliphatic heterocycles. The van der Waals surface area contributed by atoms with E-state index in [0.717, 1.165) is 22.9 Å². The van der Waals surface area contributed by atoms with Gasteiger partial charge in [-0.05, 0) is 37.6 Å². The monoisotopic (exact) mass is 418 g/mol. The smallest absolute Gasteiger partial charge is 0.419 e. The number of ether oxygens (including phenoxy) is 2. The van der Waals surface area contributed by atoms with Gasteiger partial charge in [0.25, 0.3) is 0 Å². The summed E-state index contributed by atoms with van der Waals surface area (Å²) in [4.78, 5) is 4.14. The van der Waals surface area contributed by atoms with Gasteiger partial charge in [-0.3, -0.25) is 0 Å². The number of nitrogen functional groups attached to an aromatic ring is 1. The Morgan fingerprint density at radius 1 is 1.23 bits per heavy atom. The number of methoxy groups -OCH3 is 1. The number of anilines is 1. The Morgan fingerprint density at radius 3 is 2.70 bits per heavy atom. The Morgan fingerprint density at radius 2 is 2.03 bits per heavy atom. The second kappa shape index (κ2) is 7.64. The second-order valence-corrected chi connectivity index (χ2v) is 7.18. The molecule has 1 aromatic carbocycles. The highest BCUT2D eigenvalue weighted by Crippen LogP contribution is 2.38. The molecular weight excluding hydrogens is 397 g/mol. The lowest BCUT2D eigenvalue weighted by Gasteiger charge is -2.15. The molecule has 6 nitrogen and oxygen atoms in total. The summed E-state index contributed by atoms with van der Waals surface area (Å²) in [5, 5.41) is 4.75. The first kappa shape index (κ1) is 20.2. The number of hydrogen-bond acceptors (Lipinski definition) is 5. The standard InChI is InChI=1S/C21H21F3N4O2/c1-12-9-17-15(7-8-30-12)20(13-3-6-19(25)26-11-13)27-28(17)14-4-5-16(21(22,23)24)18(10-14)29-2/h3-6,10-12H,7-9H2,1-2H3,(H2,25,26)/t12-/m1/s1. The minimum atomic E-state index is -4.51. The van der Waals surface area contributed by atoms with Crippen molar-refractivity contribution in [3.05, 3.63) is 53.3 Å². The van der Waals surface area contributed by atoms with Crippen LogP contribution >= 0.6 is 0 Å². The first-order chi connectivity index (χ1) is 14.3. The van der Waals surface area contributed by atoms with Crippen LogP contribution in [0.1, 0.15) is 23.7 Å². The van der Waals surface area contributed by atoms with Gasteiger partial charge >= 0.3 is 6.18 Å². The summed E-state index contributed by atoms with van der Waals surface area (Å²) in [7, 11) is 1.22. The summed E-state index contributed by atoms with van der Waals surface area (Å²) < 4.78 is 52.3. The number of nitrogens with two attached hydrogens (primary N) is 1. The Bertz CT molecular complexity index is 1060. The average molecular weight is 418 g/mol. The van der Waals surface area contributed by atoms with Gasteiger partial charge in [-0.1, -0.05) is 0 Å². The summed E-state index contributed by atoms with van der Waals surface area (Å²) in [6.07, 6.45) is -1.69. The van der Waals surface area contributed by atoms with Crippen LogP contribution in [0.5, 0.6) is 5.75 Å². The summed E-state index contributed by atoms with van der Waals surface area (Å²) in [6.45, 7) is 2.50. The predicted octanol–water partition coefficient (Wildman–Crippen LogP) is 4.05. The number of nitrogens with zero attached hydrogens (tertiary/aromatic N) is 3. The Balaban J connectivity index is 1.89. The Hall–Kier alpha value is -3.07. The molecular formula is C21H21F3N4O2. The van der Waals surface area contributed by atoms with Crippen LogP contribution < -0.4 is 10.5 Å². The van der Waals surface area contributed by atoms with E-state index < -0.39 is 11.7 Å². The number of halogens is 3. The second-order valence-electron chi connectivity index (χ2n) is 7.18. The van der Waals surface area contributed by atoms with E-state index in [4.69, 9.17) is 20.3 Å². The summed E-state index contributed by atoms with van der Waals surface area (Å²) in [5.74, 6) is 0.145. The van der Waals surface area contributed by atoms with Crippen LogP contribution in [0.4, 0.5) is 19.0 Å². The molecule has 2 N–H and O–H groups in total. The topological polar surface area (TPSA) is 75.2 Å². The van der Waals surface area contributed by atoms with Crippen molar-refractivity contribution < 1.29 is 22.6 Å². The third kappa shape index (κ3) is 3.72. The maximum absolute atomic E-state index is 13.3. The fraction of sp³-hybridized carbons (Fsp3) is 0.333. The molecule has 0 unspecified atom stereocenters. The number of hydrogen-bond donors (Lipinski definition) is 1. The maximum atomic E-state index is 13.3. The van der Waals surface area contributed by atoms with Gasteiger partial charge in [0.2, 0.25) is 0 Å². The minimum Gasteiger partial charge on any atom is -0.496 e. The van der Waals surface area contributed by atoms with Gasteiger partial charge < -0.3 is 15.2 Å². The quantitative estimate of drug-likeness (QED) is 0.695. The van der Waals surface area contributed by atoms with Crippen molar-refractivity contribution in [2.24, 2.45) is 0 Å². The van der Waals surface area contributed by atoms with E-state index in [2.05, 4.69) is 4.98 Å². The zero-order valence-corrected chi connectivity index (χ0v) is 16.5. The molecule has 158 valence electrons. The van der Waals surface area contributed by atoms with Gasteiger partial charge in [-0.25, -0.2) is 9.67 Å². The van der Waals surface area contributed by atoms with Crippen molar-refractivity contribution in [1.82, 2.24) is 14.8 Å². The van der Waals surface area contributed by atoms with Crippen molar-refractivity contribution in [3.63, 3.8) is 0 Å². The van der Waals surface area contributed by atoms with Crippen LogP contribution in [0.2, 0.25) is 0 Å². The molecule has 30 heavy (non-hydrogen) atoms. The highest BCUT2D eigenvalue weighted by Gasteiger charge is 2.35. The number of alkyl halides is 3. The first-order valence-electron chi connectivity index (χ1n) is 9.48. The molecule has 1 aliphatic rings. The average Bonchev–Trinajstić information content (AvgIpc) is 2.93. The van der Waals surface area contributed by atoms with Gasteiger partial charge in [0.1, 0.15) is 11.6 Å². The molecule has 4 rings (SSSR count). The molecule has 1 atom stereocenters. The number of rotatable bonds is 3. The molecule has 3 aromatic rings. The summed E-state index contributed by atoms with van der Waals surface area (Å²) in [6, 6.07) is 7.30. The van der Waals surface area contributed by atoms with Crippen molar-refractivity contribution in [2.45, 2.75) is 32.0 Å². The van der Waals surface area contributed by atoms with Gasteiger partial charge in [-0.15, -0.1) is 0 Å². The number of aromatic nitrogens is 3. The highest BCUT2D eigenvalue weighted by atomic mass is 19.4. The van der Waals surface area contributed by atoms with Crippen LogP contribution in [0.3, 0.4) is 0 Å². The van der Waals surface area contributed by atoms with Crippen LogP contribution in [0.25, 0.3) is 16.9 Å². The summed E-state index contributed by atoms with van der Waals surface area (Å²) >= 11 is 0. The summed E-state index contributed by atoms with van der Waals surface area (Å²) in [5.41, 5.74) is 8.75. The first-order valence-corrected chi connectivity index (χ1v) is 9.48. The van der Waals surface area contributed by atoms with Crippen LogP contribution in [-0.4, -0.2) is 34.6 Å². The lowest BCUT2D eigenvalue weighted by Crippen LogP contribution is -2.14. The Labute approximate surface area is 171 Å². The van der Waals surface area contributed by atoms with E-state index in [0.29, 0.717) is 36.6 Å². The SMILES string of the molecule is COc1cc(-n2nc(-c3ccc(N)nc3)c3c2C[C@@H](C)OCC3)ccc1C(F)(F)F. The van der Waals surface area contributed by atoms with Crippen molar-refractivity contribution in [2.75, 3.05) is 19.5 Å². The zero-order valence-electron chi connectivity index (χ0n) is 16.5. The van der Waals surface area contributed by atoms with Gasteiger partial charge in [-0.2, -0.15) is 18.3 Å². The molecule has 0 amide bonds. The molecule has 0 bridgehead atoms. The van der Waals surface area contributed by atoms with Crippen LogP contribution in [-0.2, 0) is 23.8 Å². The Kier molecular flexibility index (Phi) is 5.15. The maximum Gasteiger partial charge on any atom is 0.419 e. The normalized spacial score (nSPS) is 16.8. The molecule has 0 radical (unpaired) electrons. The molecule has 3 heterocycles. The largest absolute Gasteiger partial charge is 0.496 e. The fourth-order valence-corrected chi connectivity index (χ4v) is 3.69. The van der Waals surface area contributed by atoms with Crippen LogP contribution in [0, 0.1) is 0 Å². The molecule has 2 aromatic heterocycles. The minimum absolute atomic E-state index is 0.0459. The van der Waals surface area contributed by atoms with Crippen molar-refractivity contribution >= 4 is 5.82 Å². The third-order valence-electron chi connectivity index (χ3n) is 5.12. The van der Waals surface area contributed by atoms with Gasteiger partial charge in [0.15, 0.2) is 0 Å². The molecule has 0 fully saturated rings. The number of fused-ring (bicyclic) bond motifs is 1. The van der Waals surface area contributed by atoms with Crippen molar-refractivity contribution in [1.29, 1.82) is 0 Å². The number of benzene rings is 1. The third-order valence-corrected chi connectivity index (χ3v) is 5.12. The van der Waals surface area contributed by atoms with Crippen LogP contribution in [0.15, 0.2) is 36.5 Å². The van der Waals surface area contributed by atoms with Gasteiger partial charge in [0.05, 0.1) is 42.5 Å². The van der Waals surface area contributed by atoms with E-state index >= 15 is 0 Å². The fourth-order valence-electron chi connectivity index (χ4n) is 3.69. The van der Waals surface area contributed by atoms with Gasteiger partial charge in [0, 0.05) is 29.8 Å². The van der Waals surface area contributed by atoms with E-state index in [-0.39, 0.29) is 11.9 Å². The lowest BCUT2D eigenvalue weighted by molar-refractivity contribution is -0.138. The van der Waals surface area contributed by atoms with E-state index in [9.17, 15) is 13.2 Å². The van der Waals surface area contributed by atoms with E-state index in [1.165, 1.54) is 19.2 Å². The molecule has 9 heteroatoms. The molecule has 0 spiro atoms. The van der Waals surface area contributed by atoms with E-state index in [1.807, 2.05) is 13.0 Å². The van der Waals surface area contributed by atoms with Crippen molar-refractivity contribution in [3.8, 4) is 22.7 Å². The molecule has 0 aliphatic carbocycles. The molecule has 0 saturated heterocycles. The predicted molar refractivity (Wildman–Crippen MR) is 106 cm³/mol. The van der Waals surface area contributed by atoms with E-state index in [1.54, 1.807) is 16.9 Å². The number of pyridine rings is 1. The molecule has 0 saturated carbocycles. The zero-order chi connectivity index (χ0) is 21.5. The highest BCUT2D eigenvalue weighted by molar-refractivity contribution is 5.65. The lowest BCUT2D eigenvalue weighted by atomic mass is 10.0.